The van der Waals surface area contributed by atoms with Gasteiger partial charge in [0.1, 0.15) is 5.75 Å². The summed E-state index contributed by atoms with van der Waals surface area (Å²) in [6.45, 7) is 2.68. The van der Waals surface area contributed by atoms with Crippen molar-refractivity contribution in [2.24, 2.45) is 11.7 Å². The van der Waals surface area contributed by atoms with Gasteiger partial charge in [-0.2, -0.15) is 0 Å². The average molecular weight is 250 g/mol. The molecule has 1 amide bonds. The van der Waals surface area contributed by atoms with Crippen molar-refractivity contribution >= 4 is 11.6 Å². The van der Waals surface area contributed by atoms with Gasteiger partial charge in [-0.25, -0.2) is 0 Å². The first-order valence-electron chi connectivity index (χ1n) is 6.19. The lowest BCUT2D eigenvalue weighted by Gasteiger charge is -2.19. The molecule has 0 bridgehead atoms. The second-order valence-corrected chi connectivity index (χ2v) is 4.53. The fourth-order valence-electron chi connectivity index (χ4n) is 1.62. The quantitative estimate of drug-likeness (QED) is 0.840. The van der Waals surface area contributed by atoms with Crippen LogP contribution in [0.3, 0.4) is 0 Å². The molecule has 0 fully saturated rings. The van der Waals surface area contributed by atoms with Gasteiger partial charge in [-0.3, -0.25) is 4.79 Å². The van der Waals surface area contributed by atoms with E-state index >= 15 is 0 Å². The molecular formula is C14H22N2O2. The SMILES string of the molecule is COc1cccc(N(C)C(=O)CCC(C)CN)c1. The number of carbonyl (C=O) groups excluding carboxylic acids is 1. The van der Waals surface area contributed by atoms with Crippen LogP contribution in [0.4, 0.5) is 5.69 Å². The van der Waals surface area contributed by atoms with Crippen molar-refractivity contribution in [2.45, 2.75) is 19.8 Å². The maximum absolute atomic E-state index is 12.0. The highest BCUT2D eigenvalue weighted by Gasteiger charge is 2.12. The molecule has 4 nitrogen and oxygen atoms in total. The van der Waals surface area contributed by atoms with Crippen molar-refractivity contribution in [3.05, 3.63) is 24.3 Å². The van der Waals surface area contributed by atoms with Gasteiger partial charge in [0.05, 0.1) is 7.11 Å². The first-order chi connectivity index (χ1) is 8.58. The van der Waals surface area contributed by atoms with E-state index in [1.54, 1.807) is 19.1 Å². The minimum absolute atomic E-state index is 0.101. The number of methoxy groups -OCH3 is 1. The third kappa shape index (κ3) is 4.04. The molecule has 1 aromatic rings. The second kappa shape index (κ2) is 7.01. The van der Waals surface area contributed by atoms with Gasteiger partial charge in [0, 0.05) is 25.2 Å². The molecule has 1 atom stereocenters. The van der Waals surface area contributed by atoms with Gasteiger partial charge in [-0.15, -0.1) is 0 Å². The molecule has 0 aliphatic heterocycles. The molecule has 0 heterocycles. The zero-order valence-corrected chi connectivity index (χ0v) is 11.3. The van der Waals surface area contributed by atoms with Crippen LogP contribution < -0.4 is 15.4 Å². The van der Waals surface area contributed by atoms with Gasteiger partial charge in [-0.1, -0.05) is 13.0 Å². The molecule has 1 unspecified atom stereocenters. The molecule has 1 aromatic carbocycles. The Hall–Kier alpha value is -1.55. The van der Waals surface area contributed by atoms with Crippen molar-refractivity contribution in [3.63, 3.8) is 0 Å². The number of benzene rings is 1. The summed E-state index contributed by atoms with van der Waals surface area (Å²) in [5.74, 6) is 1.23. The highest BCUT2D eigenvalue weighted by molar-refractivity contribution is 5.92. The molecule has 0 radical (unpaired) electrons. The van der Waals surface area contributed by atoms with Gasteiger partial charge in [0.2, 0.25) is 5.91 Å². The summed E-state index contributed by atoms with van der Waals surface area (Å²) in [6, 6.07) is 7.48. The van der Waals surface area contributed by atoms with E-state index in [4.69, 9.17) is 10.5 Å². The predicted molar refractivity (Wildman–Crippen MR) is 73.9 cm³/mol. The molecule has 0 saturated carbocycles. The summed E-state index contributed by atoms with van der Waals surface area (Å²) < 4.78 is 5.15. The van der Waals surface area contributed by atoms with Gasteiger partial charge < -0.3 is 15.4 Å². The normalized spacial score (nSPS) is 12.0. The maximum Gasteiger partial charge on any atom is 0.226 e. The fraction of sp³-hybridized carbons (Fsp3) is 0.500. The molecule has 0 aromatic heterocycles. The molecule has 0 aliphatic carbocycles. The molecule has 0 saturated heterocycles. The number of hydrogen-bond donors (Lipinski definition) is 1. The second-order valence-electron chi connectivity index (χ2n) is 4.53. The number of ether oxygens (including phenoxy) is 1. The van der Waals surface area contributed by atoms with Crippen LogP contribution >= 0.6 is 0 Å². The Balaban J connectivity index is 2.62. The Labute approximate surface area is 109 Å². The number of nitrogens with zero attached hydrogens (tertiary/aromatic N) is 1. The van der Waals surface area contributed by atoms with E-state index in [1.165, 1.54) is 0 Å². The van der Waals surface area contributed by atoms with Crippen molar-refractivity contribution in [1.82, 2.24) is 0 Å². The number of rotatable bonds is 6. The third-order valence-electron chi connectivity index (χ3n) is 3.07. The first kappa shape index (κ1) is 14.5. The molecule has 1 rings (SSSR count). The highest BCUT2D eigenvalue weighted by Crippen LogP contribution is 2.21. The number of anilines is 1. The van der Waals surface area contributed by atoms with Crippen LogP contribution in [0.2, 0.25) is 0 Å². The Morgan fingerprint density at radius 2 is 2.22 bits per heavy atom. The largest absolute Gasteiger partial charge is 0.497 e. The summed E-state index contributed by atoms with van der Waals surface area (Å²) in [5, 5.41) is 0. The lowest BCUT2D eigenvalue weighted by molar-refractivity contribution is -0.118. The first-order valence-corrected chi connectivity index (χ1v) is 6.19. The standard InChI is InChI=1S/C14H22N2O2/c1-11(10-15)7-8-14(17)16(2)12-5-4-6-13(9-12)18-3/h4-6,9,11H,7-8,10,15H2,1-3H3. The molecule has 100 valence electrons. The summed E-state index contributed by atoms with van der Waals surface area (Å²) in [6.07, 6.45) is 1.34. The van der Waals surface area contributed by atoms with E-state index < -0.39 is 0 Å². The van der Waals surface area contributed by atoms with Crippen LogP contribution in [-0.4, -0.2) is 26.6 Å². The minimum Gasteiger partial charge on any atom is -0.497 e. The molecule has 4 heteroatoms. The minimum atomic E-state index is 0.101. The average Bonchev–Trinajstić information content (AvgIpc) is 2.43. The lowest BCUT2D eigenvalue weighted by atomic mass is 10.1. The van der Waals surface area contributed by atoms with Crippen molar-refractivity contribution in [1.29, 1.82) is 0 Å². The van der Waals surface area contributed by atoms with E-state index in [9.17, 15) is 4.79 Å². The lowest BCUT2D eigenvalue weighted by Crippen LogP contribution is -2.27. The van der Waals surface area contributed by atoms with Crippen LogP contribution in [0.25, 0.3) is 0 Å². The van der Waals surface area contributed by atoms with Crippen LogP contribution in [0.15, 0.2) is 24.3 Å². The van der Waals surface area contributed by atoms with Crippen LogP contribution in [0.5, 0.6) is 5.75 Å². The number of nitrogens with two attached hydrogens (primary N) is 1. The summed E-state index contributed by atoms with van der Waals surface area (Å²) in [4.78, 5) is 13.7. The Kier molecular flexibility index (Phi) is 5.65. The van der Waals surface area contributed by atoms with E-state index in [0.29, 0.717) is 18.9 Å². The van der Waals surface area contributed by atoms with Crippen molar-refractivity contribution in [2.75, 3.05) is 25.6 Å². The van der Waals surface area contributed by atoms with E-state index in [1.807, 2.05) is 24.3 Å². The van der Waals surface area contributed by atoms with E-state index in [0.717, 1.165) is 17.9 Å². The summed E-state index contributed by atoms with van der Waals surface area (Å²) in [5.41, 5.74) is 6.39. The molecule has 0 aliphatic rings. The van der Waals surface area contributed by atoms with Crippen molar-refractivity contribution < 1.29 is 9.53 Å². The molecule has 0 spiro atoms. The molecular weight excluding hydrogens is 228 g/mol. The topological polar surface area (TPSA) is 55.6 Å². The number of hydrogen-bond acceptors (Lipinski definition) is 3. The van der Waals surface area contributed by atoms with E-state index in [-0.39, 0.29) is 5.91 Å². The van der Waals surface area contributed by atoms with Crippen LogP contribution in [0, 0.1) is 5.92 Å². The van der Waals surface area contributed by atoms with Gasteiger partial charge in [0.25, 0.3) is 0 Å². The van der Waals surface area contributed by atoms with Gasteiger partial charge in [-0.05, 0) is 31.0 Å². The Morgan fingerprint density at radius 3 is 2.83 bits per heavy atom. The number of carbonyl (C=O) groups is 1. The van der Waals surface area contributed by atoms with Crippen LogP contribution in [0.1, 0.15) is 19.8 Å². The fourth-order valence-corrected chi connectivity index (χ4v) is 1.62. The smallest absolute Gasteiger partial charge is 0.226 e. The van der Waals surface area contributed by atoms with Crippen molar-refractivity contribution in [3.8, 4) is 5.75 Å². The van der Waals surface area contributed by atoms with Gasteiger partial charge in [0.15, 0.2) is 0 Å². The Morgan fingerprint density at radius 1 is 1.50 bits per heavy atom. The Bertz CT molecular complexity index is 393. The highest BCUT2D eigenvalue weighted by atomic mass is 16.5. The number of amides is 1. The zero-order chi connectivity index (χ0) is 13.5. The third-order valence-corrected chi connectivity index (χ3v) is 3.07. The summed E-state index contributed by atoms with van der Waals surface area (Å²) >= 11 is 0. The molecule has 18 heavy (non-hydrogen) atoms. The van der Waals surface area contributed by atoms with Gasteiger partial charge >= 0.3 is 0 Å². The molecule has 2 N–H and O–H groups in total. The van der Waals surface area contributed by atoms with E-state index in [2.05, 4.69) is 6.92 Å². The van der Waals surface area contributed by atoms with Crippen LogP contribution in [-0.2, 0) is 4.79 Å². The monoisotopic (exact) mass is 250 g/mol. The zero-order valence-electron chi connectivity index (χ0n) is 11.3. The summed E-state index contributed by atoms with van der Waals surface area (Å²) in [7, 11) is 3.40. The predicted octanol–water partition coefficient (Wildman–Crippen LogP) is 2.03. The maximum atomic E-state index is 12.0.